The second-order valence-electron chi connectivity index (χ2n) is 9.85. The molecule has 0 aliphatic heterocycles. The Morgan fingerprint density at radius 1 is 1.07 bits per heavy atom. The minimum atomic E-state index is -0.269. The van der Waals surface area contributed by atoms with Crippen LogP contribution in [-0.2, 0) is 4.79 Å². The van der Waals surface area contributed by atoms with Crippen LogP contribution in [0.3, 0.4) is 0 Å². The molecule has 4 bridgehead atoms. The summed E-state index contributed by atoms with van der Waals surface area (Å²) in [4.78, 5) is 12.9. The van der Waals surface area contributed by atoms with Crippen LogP contribution >= 0.6 is 0 Å². The molecule has 4 heteroatoms. The van der Waals surface area contributed by atoms with E-state index in [1.54, 1.807) is 0 Å². The Bertz CT molecular complexity index is 1010. The van der Waals surface area contributed by atoms with Gasteiger partial charge in [-0.15, -0.1) is 0 Å². The smallest absolute Gasteiger partial charge is 0.263 e. The van der Waals surface area contributed by atoms with E-state index in [0.29, 0.717) is 0 Å². The van der Waals surface area contributed by atoms with Gasteiger partial charge in [-0.3, -0.25) is 4.79 Å². The molecule has 4 aliphatic carbocycles. The molecule has 4 aliphatic rings. The maximum atomic E-state index is 12.9. The van der Waals surface area contributed by atoms with Crippen molar-refractivity contribution in [1.82, 2.24) is 5.32 Å². The molecule has 4 fully saturated rings. The van der Waals surface area contributed by atoms with E-state index in [9.17, 15) is 10.1 Å². The van der Waals surface area contributed by atoms with Crippen molar-refractivity contribution in [2.45, 2.75) is 51.5 Å². The lowest BCUT2D eigenvalue weighted by atomic mass is 9.48. The fourth-order valence-corrected chi connectivity index (χ4v) is 6.72. The first-order chi connectivity index (χ1) is 14.5. The summed E-state index contributed by atoms with van der Waals surface area (Å²) in [6.07, 6.45) is 9.41. The molecule has 4 nitrogen and oxygen atoms in total. The van der Waals surface area contributed by atoms with Gasteiger partial charge < -0.3 is 10.6 Å². The first-order valence-electron chi connectivity index (χ1n) is 11.2. The van der Waals surface area contributed by atoms with Crippen LogP contribution in [0.5, 0.6) is 0 Å². The maximum absolute atomic E-state index is 12.9. The second kappa shape index (κ2) is 7.47. The van der Waals surface area contributed by atoms with E-state index in [2.05, 4.69) is 35.8 Å². The topological polar surface area (TPSA) is 64.9 Å². The molecular weight excluding hydrogens is 370 g/mol. The number of rotatable bonds is 5. The van der Waals surface area contributed by atoms with Crippen molar-refractivity contribution in [2.24, 2.45) is 23.2 Å². The van der Waals surface area contributed by atoms with E-state index in [1.165, 1.54) is 44.7 Å². The number of hydrogen-bond donors (Lipinski definition) is 2. The highest BCUT2D eigenvalue weighted by molar-refractivity contribution is 5.98. The molecule has 6 rings (SSSR count). The lowest BCUT2D eigenvalue weighted by Crippen LogP contribution is -2.56. The summed E-state index contributed by atoms with van der Waals surface area (Å²) in [7, 11) is 0. The molecule has 0 saturated heterocycles. The van der Waals surface area contributed by atoms with Crippen LogP contribution in [0.1, 0.15) is 45.4 Å². The zero-order valence-electron chi connectivity index (χ0n) is 17.5. The molecule has 0 aromatic heterocycles. The summed E-state index contributed by atoms with van der Waals surface area (Å²) in [5.74, 6) is 2.26. The predicted octanol–water partition coefficient (Wildman–Crippen LogP) is 5.38. The second-order valence-corrected chi connectivity index (χ2v) is 9.85. The van der Waals surface area contributed by atoms with Gasteiger partial charge >= 0.3 is 0 Å². The Morgan fingerprint density at radius 3 is 2.33 bits per heavy atom. The van der Waals surface area contributed by atoms with Crippen molar-refractivity contribution in [2.75, 3.05) is 5.32 Å². The molecule has 2 aromatic rings. The summed E-state index contributed by atoms with van der Waals surface area (Å²) in [6, 6.07) is 16.3. The van der Waals surface area contributed by atoms with Crippen LogP contribution < -0.4 is 10.6 Å². The number of amides is 1. The molecular formula is C26H29N3O. The Morgan fingerprint density at radius 2 is 1.70 bits per heavy atom. The summed E-state index contributed by atoms with van der Waals surface area (Å²) in [5, 5.41) is 18.2. The predicted molar refractivity (Wildman–Crippen MR) is 119 cm³/mol. The third-order valence-corrected chi connectivity index (χ3v) is 7.85. The first kappa shape index (κ1) is 19.2. The molecule has 2 N–H and O–H groups in total. The van der Waals surface area contributed by atoms with Gasteiger partial charge in [-0.2, -0.15) is 5.26 Å². The summed E-state index contributed by atoms with van der Waals surface area (Å²) >= 11 is 0. The van der Waals surface area contributed by atoms with Crippen molar-refractivity contribution in [3.05, 3.63) is 54.2 Å². The van der Waals surface area contributed by atoms with Crippen LogP contribution in [0.25, 0.3) is 10.8 Å². The van der Waals surface area contributed by atoms with E-state index >= 15 is 0 Å². The van der Waals surface area contributed by atoms with E-state index in [0.717, 1.165) is 34.2 Å². The maximum Gasteiger partial charge on any atom is 0.263 e. The first-order valence-corrected chi connectivity index (χ1v) is 11.2. The third-order valence-electron chi connectivity index (χ3n) is 7.85. The highest BCUT2D eigenvalue weighted by Gasteiger charge is 2.53. The minimum absolute atomic E-state index is 0.107. The molecule has 2 aromatic carbocycles. The number of anilines is 1. The lowest BCUT2D eigenvalue weighted by Gasteiger charge is -2.59. The Balaban J connectivity index is 1.27. The van der Waals surface area contributed by atoms with Crippen LogP contribution in [0.4, 0.5) is 5.69 Å². The van der Waals surface area contributed by atoms with Crippen LogP contribution in [0, 0.1) is 34.5 Å². The third kappa shape index (κ3) is 3.47. The molecule has 0 radical (unpaired) electrons. The van der Waals surface area contributed by atoms with Crippen molar-refractivity contribution >= 4 is 22.4 Å². The van der Waals surface area contributed by atoms with Crippen molar-refractivity contribution in [1.29, 1.82) is 5.26 Å². The lowest BCUT2D eigenvalue weighted by molar-refractivity contribution is -0.122. The Kier molecular flexibility index (Phi) is 4.77. The fourth-order valence-electron chi connectivity index (χ4n) is 6.72. The number of nitrogens with zero attached hydrogens (tertiary/aromatic N) is 1. The quantitative estimate of drug-likeness (QED) is 0.524. The van der Waals surface area contributed by atoms with Gasteiger partial charge in [-0.05, 0) is 91.5 Å². The number of benzene rings is 2. The summed E-state index contributed by atoms with van der Waals surface area (Å²) in [6.45, 7) is 2.15. The zero-order chi connectivity index (χ0) is 20.7. The molecule has 154 valence electrons. The number of nitrogens with one attached hydrogen (secondary N) is 2. The van der Waals surface area contributed by atoms with Crippen LogP contribution in [-0.4, -0.2) is 11.9 Å². The van der Waals surface area contributed by atoms with Crippen molar-refractivity contribution < 1.29 is 4.79 Å². The average molecular weight is 400 g/mol. The highest BCUT2D eigenvalue weighted by Crippen LogP contribution is 2.61. The Labute approximate surface area is 178 Å². The molecule has 0 spiro atoms. The SMILES string of the molecule is CC(NC(=O)/C(C#N)=C\Nc1ccc2ccccc2c1)C12CC3CC(CC(C3)C1)C2. The van der Waals surface area contributed by atoms with Gasteiger partial charge in [0.2, 0.25) is 0 Å². The number of carbonyl (C=O) groups excluding carboxylic acids is 1. The number of nitriles is 1. The molecule has 4 saturated carbocycles. The molecule has 1 amide bonds. The molecule has 1 atom stereocenters. The Hall–Kier alpha value is -2.80. The van der Waals surface area contributed by atoms with Crippen LogP contribution in [0.2, 0.25) is 0 Å². The van der Waals surface area contributed by atoms with Gasteiger partial charge in [-0.1, -0.05) is 30.3 Å². The van der Waals surface area contributed by atoms with Gasteiger partial charge in [0.05, 0.1) is 0 Å². The van der Waals surface area contributed by atoms with Crippen LogP contribution in [0.15, 0.2) is 54.2 Å². The van der Waals surface area contributed by atoms with Crippen molar-refractivity contribution in [3.63, 3.8) is 0 Å². The van der Waals surface area contributed by atoms with E-state index in [-0.39, 0.29) is 22.9 Å². The van der Waals surface area contributed by atoms with Crippen molar-refractivity contribution in [3.8, 4) is 6.07 Å². The van der Waals surface area contributed by atoms with Gasteiger partial charge in [0.1, 0.15) is 11.6 Å². The number of carbonyl (C=O) groups is 1. The average Bonchev–Trinajstić information content (AvgIpc) is 2.73. The fraction of sp³-hybridized carbons (Fsp3) is 0.462. The standard InChI is InChI=1S/C26H29N3O/c1-17(26-12-18-8-19(13-26)10-20(9-18)14-26)29-25(30)23(15-27)16-28-24-7-6-21-4-2-3-5-22(21)11-24/h2-7,11,16-20,28H,8-10,12-14H2,1H3,(H,29,30)/b23-16-. The molecule has 1 unspecified atom stereocenters. The van der Waals surface area contributed by atoms with Gasteiger partial charge in [0, 0.05) is 17.9 Å². The number of fused-ring (bicyclic) bond motifs is 1. The summed E-state index contributed by atoms with van der Waals surface area (Å²) in [5.41, 5.74) is 1.22. The monoisotopic (exact) mass is 399 g/mol. The van der Waals surface area contributed by atoms with E-state index < -0.39 is 0 Å². The normalized spacial score (nSPS) is 30.7. The highest BCUT2D eigenvalue weighted by atomic mass is 16.1. The van der Waals surface area contributed by atoms with Gasteiger partial charge in [-0.25, -0.2) is 0 Å². The molecule has 30 heavy (non-hydrogen) atoms. The van der Waals surface area contributed by atoms with E-state index in [4.69, 9.17) is 0 Å². The molecule has 0 heterocycles. The van der Waals surface area contributed by atoms with Gasteiger partial charge in [0.15, 0.2) is 0 Å². The largest absolute Gasteiger partial charge is 0.360 e. The minimum Gasteiger partial charge on any atom is -0.360 e. The summed E-state index contributed by atoms with van der Waals surface area (Å²) < 4.78 is 0. The van der Waals surface area contributed by atoms with Gasteiger partial charge in [0.25, 0.3) is 5.91 Å². The number of hydrogen-bond acceptors (Lipinski definition) is 3. The zero-order valence-corrected chi connectivity index (χ0v) is 17.5. The van der Waals surface area contributed by atoms with E-state index in [1.807, 2.05) is 30.3 Å².